The fourth-order valence-corrected chi connectivity index (χ4v) is 1.49. The number of non-ortho nitro benzene ring substituents is 1. The molecule has 1 aromatic carbocycles. The van der Waals surface area contributed by atoms with Crippen LogP contribution in [0.5, 0.6) is 11.6 Å². The number of benzene rings is 1. The maximum Gasteiger partial charge on any atom is 0.313 e. The first kappa shape index (κ1) is 12.7. The summed E-state index contributed by atoms with van der Waals surface area (Å²) in [4.78, 5) is 25.7. The van der Waals surface area contributed by atoms with Crippen LogP contribution in [0, 0.1) is 10.1 Å². The molecule has 2 rings (SSSR count). The van der Waals surface area contributed by atoms with Gasteiger partial charge >= 0.3 is 5.56 Å². The molecule has 0 aliphatic carbocycles. The van der Waals surface area contributed by atoms with Gasteiger partial charge in [-0.1, -0.05) is 0 Å². The maximum atomic E-state index is 11.8. The molecule has 0 spiro atoms. The first-order chi connectivity index (χ1) is 9.11. The number of ether oxygens (including phenoxy) is 1. The van der Waals surface area contributed by atoms with E-state index in [2.05, 4.69) is 4.98 Å². The molecule has 1 heterocycles. The Morgan fingerprint density at radius 2 is 2.05 bits per heavy atom. The lowest BCUT2D eigenvalue weighted by Crippen LogP contribution is -2.20. The van der Waals surface area contributed by atoms with E-state index in [9.17, 15) is 14.9 Å². The predicted octanol–water partition coefficient (Wildman–Crippen LogP) is 1.96. The Labute approximate surface area is 108 Å². The van der Waals surface area contributed by atoms with Crippen LogP contribution in [0.25, 0.3) is 0 Å². The average molecular weight is 261 g/mol. The SMILES string of the molecule is CCn1ccnc(Oc2ccc([N+](=O)[O-])cc2)c1=O. The van der Waals surface area contributed by atoms with Crippen LogP contribution in [-0.4, -0.2) is 14.5 Å². The molecule has 0 amide bonds. The molecule has 0 atom stereocenters. The Morgan fingerprint density at radius 3 is 2.63 bits per heavy atom. The van der Waals surface area contributed by atoms with Gasteiger partial charge in [0.05, 0.1) is 4.92 Å². The van der Waals surface area contributed by atoms with Crippen molar-refractivity contribution in [3.8, 4) is 11.6 Å². The van der Waals surface area contributed by atoms with E-state index in [4.69, 9.17) is 4.74 Å². The molecule has 7 heteroatoms. The number of hydrogen-bond donors (Lipinski definition) is 0. The predicted molar refractivity (Wildman–Crippen MR) is 67.3 cm³/mol. The smallest absolute Gasteiger partial charge is 0.313 e. The number of hydrogen-bond acceptors (Lipinski definition) is 5. The number of aromatic nitrogens is 2. The van der Waals surface area contributed by atoms with Gasteiger partial charge in [0.15, 0.2) is 0 Å². The molecule has 0 saturated carbocycles. The second kappa shape index (κ2) is 5.30. The third-order valence-electron chi connectivity index (χ3n) is 2.48. The van der Waals surface area contributed by atoms with Crippen molar-refractivity contribution in [3.63, 3.8) is 0 Å². The van der Waals surface area contributed by atoms with Gasteiger partial charge in [-0.05, 0) is 19.1 Å². The summed E-state index contributed by atoms with van der Waals surface area (Å²) < 4.78 is 6.77. The molecule has 0 aliphatic rings. The second-order valence-electron chi connectivity index (χ2n) is 3.68. The molecular formula is C12H11N3O4. The van der Waals surface area contributed by atoms with E-state index in [1.807, 2.05) is 6.92 Å². The van der Waals surface area contributed by atoms with Gasteiger partial charge in [-0.25, -0.2) is 4.98 Å². The lowest BCUT2D eigenvalue weighted by molar-refractivity contribution is -0.384. The van der Waals surface area contributed by atoms with Crippen LogP contribution in [0.1, 0.15) is 6.92 Å². The summed E-state index contributed by atoms with van der Waals surface area (Å²) in [5.41, 5.74) is -0.386. The fraction of sp³-hybridized carbons (Fsp3) is 0.167. The van der Waals surface area contributed by atoms with Gasteiger partial charge in [-0.15, -0.1) is 0 Å². The summed E-state index contributed by atoms with van der Waals surface area (Å²) in [7, 11) is 0. The van der Waals surface area contributed by atoms with E-state index in [1.54, 1.807) is 6.20 Å². The minimum atomic E-state index is -0.505. The molecule has 0 N–H and O–H groups in total. The van der Waals surface area contributed by atoms with E-state index < -0.39 is 4.92 Å². The monoisotopic (exact) mass is 261 g/mol. The van der Waals surface area contributed by atoms with E-state index in [0.29, 0.717) is 12.3 Å². The van der Waals surface area contributed by atoms with Crippen LogP contribution < -0.4 is 10.3 Å². The summed E-state index contributed by atoms with van der Waals surface area (Å²) in [5, 5.41) is 10.5. The third-order valence-corrected chi connectivity index (χ3v) is 2.48. The Kier molecular flexibility index (Phi) is 3.56. The first-order valence-electron chi connectivity index (χ1n) is 5.59. The maximum absolute atomic E-state index is 11.8. The van der Waals surface area contributed by atoms with Gasteiger partial charge in [-0.2, -0.15) is 0 Å². The minimum absolute atomic E-state index is 0.0423. The Bertz CT molecular complexity index is 649. The van der Waals surface area contributed by atoms with Gasteiger partial charge < -0.3 is 9.30 Å². The highest BCUT2D eigenvalue weighted by atomic mass is 16.6. The zero-order valence-corrected chi connectivity index (χ0v) is 10.1. The van der Waals surface area contributed by atoms with E-state index >= 15 is 0 Å². The highest BCUT2D eigenvalue weighted by Gasteiger charge is 2.08. The topological polar surface area (TPSA) is 87.3 Å². The normalized spacial score (nSPS) is 10.2. The van der Waals surface area contributed by atoms with Crippen LogP contribution in [0.4, 0.5) is 5.69 Å². The van der Waals surface area contributed by atoms with Crippen molar-refractivity contribution in [2.45, 2.75) is 13.5 Å². The molecule has 1 aromatic heterocycles. The number of nitrogens with zero attached hydrogens (tertiary/aromatic N) is 3. The highest BCUT2D eigenvalue weighted by molar-refractivity contribution is 5.37. The highest BCUT2D eigenvalue weighted by Crippen LogP contribution is 2.20. The second-order valence-corrected chi connectivity index (χ2v) is 3.68. The molecular weight excluding hydrogens is 250 g/mol. The van der Waals surface area contributed by atoms with Crippen molar-refractivity contribution >= 4 is 5.69 Å². The summed E-state index contributed by atoms with van der Waals surface area (Å²) in [6.45, 7) is 2.34. The van der Waals surface area contributed by atoms with Crippen LogP contribution >= 0.6 is 0 Å². The number of rotatable bonds is 4. The molecule has 98 valence electrons. The Hall–Kier alpha value is -2.70. The molecule has 0 fully saturated rings. The third kappa shape index (κ3) is 2.76. The van der Waals surface area contributed by atoms with Gasteiger partial charge in [0.25, 0.3) is 11.6 Å². The van der Waals surface area contributed by atoms with E-state index in [0.717, 1.165) is 0 Å². The average Bonchev–Trinajstić information content (AvgIpc) is 2.42. The molecule has 0 aliphatic heterocycles. The number of aryl methyl sites for hydroxylation is 1. The van der Waals surface area contributed by atoms with Crippen LogP contribution in [0.15, 0.2) is 41.5 Å². The summed E-state index contributed by atoms with van der Waals surface area (Å²) >= 11 is 0. The standard InChI is InChI=1S/C12H11N3O4/c1-2-14-8-7-13-11(12(14)16)19-10-5-3-9(4-6-10)15(17)18/h3-8H,2H2,1H3. The quantitative estimate of drug-likeness (QED) is 0.620. The summed E-state index contributed by atoms with van der Waals surface area (Å²) in [6.07, 6.45) is 3.02. The van der Waals surface area contributed by atoms with Crippen LogP contribution in [0.3, 0.4) is 0 Å². The molecule has 19 heavy (non-hydrogen) atoms. The lowest BCUT2D eigenvalue weighted by Gasteiger charge is -2.06. The van der Waals surface area contributed by atoms with E-state index in [1.165, 1.54) is 35.0 Å². The number of nitro groups is 1. The zero-order valence-electron chi connectivity index (χ0n) is 10.1. The zero-order chi connectivity index (χ0) is 13.8. The lowest BCUT2D eigenvalue weighted by atomic mass is 10.3. The Morgan fingerprint density at radius 1 is 1.37 bits per heavy atom. The molecule has 0 unspecified atom stereocenters. The Balaban J connectivity index is 2.26. The van der Waals surface area contributed by atoms with Crippen molar-refractivity contribution in [1.82, 2.24) is 9.55 Å². The molecule has 7 nitrogen and oxygen atoms in total. The van der Waals surface area contributed by atoms with Gasteiger partial charge in [0, 0.05) is 31.1 Å². The van der Waals surface area contributed by atoms with Gasteiger partial charge in [0.2, 0.25) is 0 Å². The van der Waals surface area contributed by atoms with Gasteiger partial charge in [-0.3, -0.25) is 14.9 Å². The van der Waals surface area contributed by atoms with Crippen molar-refractivity contribution in [2.24, 2.45) is 0 Å². The van der Waals surface area contributed by atoms with Crippen LogP contribution in [-0.2, 0) is 6.54 Å². The number of nitro benzene ring substituents is 1. The van der Waals surface area contributed by atoms with Gasteiger partial charge in [0.1, 0.15) is 5.75 Å². The van der Waals surface area contributed by atoms with Crippen molar-refractivity contribution < 1.29 is 9.66 Å². The fourth-order valence-electron chi connectivity index (χ4n) is 1.49. The van der Waals surface area contributed by atoms with Crippen molar-refractivity contribution in [2.75, 3.05) is 0 Å². The molecule has 0 saturated heterocycles. The minimum Gasteiger partial charge on any atom is -0.435 e. The largest absolute Gasteiger partial charge is 0.435 e. The van der Waals surface area contributed by atoms with Crippen LogP contribution in [0.2, 0.25) is 0 Å². The molecule has 2 aromatic rings. The van der Waals surface area contributed by atoms with E-state index in [-0.39, 0.29) is 17.1 Å². The molecule has 0 bridgehead atoms. The first-order valence-corrected chi connectivity index (χ1v) is 5.59. The molecule has 0 radical (unpaired) electrons. The summed E-state index contributed by atoms with van der Waals surface area (Å²) in [5.74, 6) is 0.266. The van der Waals surface area contributed by atoms with Crippen molar-refractivity contribution in [3.05, 3.63) is 57.1 Å². The summed E-state index contributed by atoms with van der Waals surface area (Å²) in [6, 6.07) is 5.44. The van der Waals surface area contributed by atoms with Crippen molar-refractivity contribution in [1.29, 1.82) is 0 Å².